The molecule has 19 heavy (non-hydrogen) atoms. The van der Waals surface area contributed by atoms with E-state index in [-0.39, 0.29) is 6.61 Å². The second kappa shape index (κ2) is 7.52. The van der Waals surface area contributed by atoms with E-state index in [1.807, 2.05) is 6.92 Å². The number of aliphatic hydroxyl groups excluding tert-OH is 1. The van der Waals surface area contributed by atoms with Gasteiger partial charge >= 0.3 is 5.97 Å². The van der Waals surface area contributed by atoms with Crippen LogP contribution >= 0.6 is 0 Å². The summed E-state index contributed by atoms with van der Waals surface area (Å²) in [5, 5.41) is 16.6. The lowest BCUT2D eigenvalue weighted by Gasteiger charge is -2.21. The number of carbonyl (C=O) groups is 2. The van der Waals surface area contributed by atoms with Crippen LogP contribution in [0.3, 0.4) is 0 Å². The summed E-state index contributed by atoms with van der Waals surface area (Å²) in [7, 11) is 0. The largest absolute Gasteiger partial charge is 0.464 e. The van der Waals surface area contributed by atoms with Crippen LogP contribution in [0.5, 0.6) is 0 Å². The van der Waals surface area contributed by atoms with Crippen LogP contribution in [0.4, 0.5) is 0 Å². The summed E-state index contributed by atoms with van der Waals surface area (Å²) in [6.45, 7) is 4.43. The third-order valence-electron chi connectivity index (χ3n) is 2.59. The van der Waals surface area contributed by atoms with Crippen molar-refractivity contribution in [2.24, 2.45) is 0 Å². The maximum absolute atomic E-state index is 11.7. The van der Waals surface area contributed by atoms with Gasteiger partial charge in [-0.2, -0.15) is 5.10 Å². The Morgan fingerprint density at radius 1 is 1.63 bits per heavy atom. The molecule has 2 atom stereocenters. The maximum Gasteiger partial charge on any atom is 0.331 e. The highest BCUT2D eigenvalue weighted by Crippen LogP contribution is 2.17. The van der Waals surface area contributed by atoms with Crippen molar-refractivity contribution in [3.63, 3.8) is 0 Å². The van der Waals surface area contributed by atoms with Crippen molar-refractivity contribution in [3.8, 4) is 0 Å². The van der Waals surface area contributed by atoms with Crippen LogP contribution in [-0.2, 0) is 20.9 Å². The van der Waals surface area contributed by atoms with E-state index in [9.17, 15) is 14.7 Å². The summed E-state index contributed by atoms with van der Waals surface area (Å²) in [6.07, 6.45) is 1.55. The highest BCUT2D eigenvalue weighted by atomic mass is 16.5. The third-order valence-corrected chi connectivity index (χ3v) is 2.59. The molecule has 7 heteroatoms. The van der Waals surface area contributed by atoms with Gasteiger partial charge in [-0.25, -0.2) is 4.79 Å². The molecule has 1 aromatic rings. The zero-order chi connectivity index (χ0) is 14.3. The number of aromatic nitrogens is 2. The Kier molecular flexibility index (Phi) is 6.01. The molecule has 0 saturated carbocycles. The van der Waals surface area contributed by atoms with Gasteiger partial charge in [-0.3, -0.25) is 9.48 Å². The minimum absolute atomic E-state index is 0.177. The van der Waals surface area contributed by atoms with E-state index < -0.39 is 18.1 Å². The molecule has 0 aliphatic heterocycles. The quantitative estimate of drug-likeness (QED) is 0.512. The van der Waals surface area contributed by atoms with Gasteiger partial charge in [0.15, 0.2) is 6.04 Å². The highest BCUT2D eigenvalue weighted by molar-refractivity contribution is 5.79. The molecule has 2 unspecified atom stereocenters. The Bertz CT molecular complexity index is 419. The molecule has 0 radical (unpaired) electrons. The standard InChI is InChI=1S/C12H19N3O4/c1-3-7-15-9(5-6-14-15)11(17)10(13-8-16)12(18)19-4-2/h5-6,8,10-11,17H,3-4,7H2,1-2H3,(H,13,16). The molecule has 0 aliphatic rings. The number of hydrogen-bond donors (Lipinski definition) is 2. The predicted octanol–water partition coefficient (Wildman–Crippen LogP) is 0.00420. The summed E-state index contributed by atoms with van der Waals surface area (Å²) in [5.74, 6) is -0.675. The van der Waals surface area contributed by atoms with Crippen LogP contribution in [0.2, 0.25) is 0 Å². The Hall–Kier alpha value is -1.89. The second-order valence-electron chi connectivity index (χ2n) is 3.94. The number of esters is 1. The molecule has 1 rings (SSSR count). The maximum atomic E-state index is 11.7. The van der Waals surface area contributed by atoms with Gasteiger partial charge in [0.05, 0.1) is 12.3 Å². The van der Waals surface area contributed by atoms with Crippen molar-refractivity contribution in [2.75, 3.05) is 6.61 Å². The van der Waals surface area contributed by atoms with E-state index in [1.165, 1.54) is 6.20 Å². The first-order chi connectivity index (χ1) is 9.15. The lowest BCUT2D eigenvalue weighted by molar-refractivity contribution is -0.150. The first-order valence-electron chi connectivity index (χ1n) is 6.21. The highest BCUT2D eigenvalue weighted by Gasteiger charge is 2.31. The van der Waals surface area contributed by atoms with Gasteiger partial charge < -0.3 is 15.2 Å². The van der Waals surface area contributed by atoms with Crippen molar-refractivity contribution in [3.05, 3.63) is 18.0 Å². The van der Waals surface area contributed by atoms with Gasteiger partial charge in [0, 0.05) is 12.7 Å². The fraction of sp³-hybridized carbons (Fsp3) is 0.583. The molecule has 1 amide bonds. The number of amides is 1. The van der Waals surface area contributed by atoms with E-state index in [0.29, 0.717) is 18.6 Å². The van der Waals surface area contributed by atoms with Crippen LogP contribution in [0, 0.1) is 0 Å². The van der Waals surface area contributed by atoms with Crippen molar-refractivity contribution >= 4 is 12.4 Å². The Morgan fingerprint density at radius 3 is 2.95 bits per heavy atom. The molecule has 0 aliphatic carbocycles. The summed E-state index contributed by atoms with van der Waals surface area (Å²) in [4.78, 5) is 22.3. The molecular formula is C12H19N3O4. The van der Waals surface area contributed by atoms with Crippen molar-refractivity contribution in [2.45, 2.75) is 39.0 Å². The van der Waals surface area contributed by atoms with Crippen LogP contribution in [0.15, 0.2) is 12.3 Å². The lowest BCUT2D eigenvalue weighted by atomic mass is 10.1. The molecule has 7 nitrogen and oxygen atoms in total. The molecule has 0 saturated heterocycles. The fourth-order valence-electron chi connectivity index (χ4n) is 1.76. The zero-order valence-corrected chi connectivity index (χ0v) is 11.1. The SMILES string of the molecule is CCCn1nccc1C(O)C(NC=O)C(=O)OCC. The molecule has 0 fully saturated rings. The number of nitrogens with one attached hydrogen (secondary N) is 1. The molecule has 2 N–H and O–H groups in total. The average Bonchev–Trinajstić information content (AvgIpc) is 2.84. The lowest BCUT2D eigenvalue weighted by Crippen LogP contribution is -2.43. The van der Waals surface area contributed by atoms with E-state index in [4.69, 9.17) is 4.74 Å². The predicted molar refractivity (Wildman–Crippen MR) is 67.1 cm³/mol. The van der Waals surface area contributed by atoms with Gasteiger partial charge in [-0.05, 0) is 19.4 Å². The van der Waals surface area contributed by atoms with Crippen LogP contribution < -0.4 is 5.32 Å². The molecular weight excluding hydrogens is 250 g/mol. The Labute approximate surface area is 111 Å². The monoisotopic (exact) mass is 269 g/mol. The molecule has 1 aromatic heterocycles. The van der Waals surface area contributed by atoms with E-state index in [0.717, 1.165) is 6.42 Å². The van der Waals surface area contributed by atoms with Crippen LogP contribution in [-0.4, -0.2) is 39.9 Å². The molecule has 0 spiro atoms. The van der Waals surface area contributed by atoms with Crippen molar-refractivity contribution in [1.82, 2.24) is 15.1 Å². The van der Waals surface area contributed by atoms with Gasteiger partial charge in [-0.15, -0.1) is 0 Å². The van der Waals surface area contributed by atoms with Crippen LogP contribution in [0.1, 0.15) is 32.1 Å². The van der Waals surface area contributed by atoms with E-state index in [2.05, 4.69) is 10.4 Å². The number of rotatable bonds is 8. The minimum Gasteiger partial charge on any atom is -0.464 e. The summed E-state index contributed by atoms with van der Waals surface area (Å²) in [5.41, 5.74) is 0.467. The van der Waals surface area contributed by atoms with Crippen molar-refractivity contribution in [1.29, 1.82) is 0 Å². The molecule has 0 aromatic carbocycles. The third kappa shape index (κ3) is 3.78. The topological polar surface area (TPSA) is 93.5 Å². The fourth-order valence-corrected chi connectivity index (χ4v) is 1.76. The van der Waals surface area contributed by atoms with E-state index in [1.54, 1.807) is 17.7 Å². The summed E-state index contributed by atoms with van der Waals surface area (Å²) in [6, 6.07) is 0.476. The van der Waals surface area contributed by atoms with Gasteiger partial charge in [0.1, 0.15) is 6.10 Å². The van der Waals surface area contributed by atoms with Crippen molar-refractivity contribution < 1.29 is 19.4 Å². The smallest absolute Gasteiger partial charge is 0.331 e. The first kappa shape index (κ1) is 15.2. The van der Waals surface area contributed by atoms with Gasteiger partial charge in [0.2, 0.25) is 6.41 Å². The summed E-state index contributed by atoms with van der Waals surface area (Å²) < 4.78 is 6.43. The Balaban J connectivity index is 2.91. The number of aliphatic hydroxyl groups is 1. The zero-order valence-electron chi connectivity index (χ0n) is 11.1. The number of carbonyl (C=O) groups excluding carboxylic acids is 2. The molecule has 0 bridgehead atoms. The second-order valence-corrected chi connectivity index (χ2v) is 3.94. The molecule has 106 valence electrons. The Morgan fingerprint density at radius 2 is 2.37 bits per heavy atom. The van der Waals surface area contributed by atoms with Crippen LogP contribution in [0.25, 0.3) is 0 Å². The van der Waals surface area contributed by atoms with Gasteiger partial charge in [-0.1, -0.05) is 6.92 Å². The normalized spacial score (nSPS) is 13.6. The first-order valence-corrected chi connectivity index (χ1v) is 6.21. The number of hydrogen-bond acceptors (Lipinski definition) is 5. The van der Waals surface area contributed by atoms with E-state index >= 15 is 0 Å². The minimum atomic E-state index is -1.20. The number of ether oxygens (including phenoxy) is 1. The number of nitrogens with zero attached hydrogens (tertiary/aromatic N) is 2. The number of aryl methyl sites for hydroxylation is 1. The molecule has 1 heterocycles. The average molecular weight is 269 g/mol. The van der Waals surface area contributed by atoms with Gasteiger partial charge in [0.25, 0.3) is 0 Å². The summed E-state index contributed by atoms with van der Waals surface area (Å²) >= 11 is 0.